The average molecular weight is 448 g/mol. The van der Waals surface area contributed by atoms with Gasteiger partial charge in [-0.1, -0.05) is 6.42 Å². The van der Waals surface area contributed by atoms with E-state index in [1.807, 2.05) is 12.1 Å². The van der Waals surface area contributed by atoms with Crippen molar-refractivity contribution in [3.63, 3.8) is 0 Å². The smallest absolute Gasteiger partial charge is 0.493 e. The SMILES string of the molecule is Cc1c(O)n(-c2ccc(OC(F)(F)F)cc2)c(=O)n1C(c1ccncc1)C1CCCCN1. The monoisotopic (exact) mass is 448 g/mol. The van der Waals surface area contributed by atoms with E-state index in [0.29, 0.717) is 5.69 Å². The molecule has 3 aromatic rings. The minimum Gasteiger partial charge on any atom is -0.493 e. The van der Waals surface area contributed by atoms with E-state index in [4.69, 9.17) is 0 Å². The van der Waals surface area contributed by atoms with Crippen LogP contribution < -0.4 is 15.7 Å². The van der Waals surface area contributed by atoms with Crippen LogP contribution in [0.2, 0.25) is 0 Å². The summed E-state index contributed by atoms with van der Waals surface area (Å²) in [7, 11) is 0. The molecule has 2 aromatic heterocycles. The predicted molar refractivity (Wildman–Crippen MR) is 111 cm³/mol. The number of aromatic nitrogens is 3. The molecule has 10 heteroatoms. The minimum absolute atomic E-state index is 0.0274. The second-order valence-corrected chi connectivity index (χ2v) is 7.72. The van der Waals surface area contributed by atoms with Gasteiger partial charge in [0.1, 0.15) is 5.75 Å². The summed E-state index contributed by atoms with van der Waals surface area (Å²) in [6.07, 6.45) is 1.41. The fraction of sp³-hybridized carbons (Fsp3) is 0.364. The fourth-order valence-corrected chi connectivity index (χ4v) is 4.24. The number of piperidine rings is 1. The van der Waals surface area contributed by atoms with Crippen LogP contribution in [0.1, 0.15) is 36.6 Å². The Kier molecular flexibility index (Phi) is 5.96. The molecule has 0 saturated carbocycles. The molecule has 1 fully saturated rings. The quantitative estimate of drug-likeness (QED) is 0.623. The lowest BCUT2D eigenvalue weighted by Crippen LogP contribution is -2.44. The van der Waals surface area contributed by atoms with Gasteiger partial charge in [0.15, 0.2) is 0 Å². The van der Waals surface area contributed by atoms with Crippen molar-refractivity contribution in [1.29, 1.82) is 0 Å². The number of aromatic hydroxyl groups is 1. The molecule has 4 rings (SSSR count). The van der Waals surface area contributed by atoms with E-state index < -0.39 is 17.8 Å². The number of hydrogen-bond donors (Lipinski definition) is 2. The summed E-state index contributed by atoms with van der Waals surface area (Å²) in [6, 6.07) is 8.06. The minimum atomic E-state index is -4.81. The van der Waals surface area contributed by atoms with Crippen LogP contribution in [0.15, 0.2) is 53.6 Å². The summed E-state index contributed by atoms with van der Waals surface area (Å²) in [5, 5.41) is 14.3. The van der Waals surface area contributed by atoms with Crippen LogP contribution in [0, 0.1) is 6.92 Å². The molecule has 0 bridgehead atoms. The van der Waals surface area contributed by atoms with Gasteiger partial charge >= 0.3 is 12.1 Å². The predicted octanol–water partition coefficient (Wildman–Crippen LogP) is 3.68. The molecule has 1 aliphatic heterocycles. The van der Waals surface area contributed by atoms with E-state index >= 15 is 0 Å². The van der Waals surface area contributed by atoms with Gasteiger partial charge in [-0.2, -0.15) is 0 Å². The molecule has 2 unspecified atom stereocenters. The summed E-state index contributed by atoms with van der Waals surface area (Å²) in [4.78, 5) is 17.6. The topological polar surface area (TPSA) is 81.3 Å². The first-order chi connectivity index (χ1) is 15.3. The largest absolute Gasteiger partial charge is 0.573 e. The molecule has 32 heavy (non-hydrogen) atoms. The zero-order chi connectivity index (χ0) is 22.9. The molecule has 2 atom stereocenters. The lowest BCUT2D eigenvalue weighted by molar-refractivity contribution is -0.274. The Hall–Kier alpha value is -3.27. The normalized spacial score (nSPS) is 17.8. The van der Waals surface area contributed by atoms with Gasteiger partial charge in [-0.05, 0) is 68.3 Å². The Morgan fingerprint density at radius 2 is 1.84 bits per heavy atom. The Labute approximate surface area is 182 Å². The van der Waals surface area contributed by atoms with Gasteiger partial charge in [0.05, 0.1) is 17.4 Å². The summed E-state index contributed by atoms with van der Waals surface area (Å²) in [5.74, 6) is -0.680. The van der Waals surface area contributed by atoms with Crippen molar-refractivity contribution in [3.05, 3.63) is 70.5 Å². The van der Waals surface area contributed by atoms with E-state index in [1.54, 1.807) is 19.3 Å². The van der Waals surface area contributed by atoms with E-state index in [1.165, 1.54) is 16.7 Å². The fourth-order valence-electron chi connectivity index (χ4n) is 4.24. The highest BCUT2D eigenvalue weighted by Gasteiger charge is 2.33. The Balaban J connectivity index is 1.78. The number of rotatable bonds is 5. The second kappa shape index (κ2) is 8.70. The van der Waals surface area contributed by atoms with Gasteiger partial charge in [0, 0.05) is 18.4 Å². The summed E-state index contributed by atoms with van der Waals surface area (Å²) >= 11 is 0. The molecule has 170 valence electrons. The molecule has 2 N–H and O–H groups in total. The van der Waals surface area contributed by atoms with Crippen molar-refractivity contribution in [2.24, 2.45) is 0 Å². The van der Waals surface area contributed by atoms with Crippen LogP contribution in [0.25, 0.3) is 5.69 Å². The van der Waals surface area contributed by atoms with Gasteiger partial charge in [-0.25, -0.2) is 9.36 Å². The molecule has 3 heterocycles. The van der Waals surface area contributed by atoms with E-state index in [2.05, 4.69) is 15.0 Å². The molecule has 1 aromatic carbocycles. The third-order valence-corrected chi connectivity index (χ3v) is 5.68. The highest BCUT2D eigenvalue weighted by atomic mass is 19.4. The van der Waals surface area contributed by atoms with Crippen LogP contribution in [0.5, 0.6) is 11.6 Å². The van der Waals surface area contributed by atoms with Gasteiger partial charge in [-0.3, -0.25) is 9.55 Å². The van der Waals surface area contributed by atoms with Gasteiger partial charge < -0.3 is 15.2 Å². The van der Waals surface area contributed by atoms with Crippen molar-refractivity contribution >= 4 is 0 Å². The van der Waals surface area contributed by atoms with Crippen LogP contribution in [-0.4, -0.2) is 38.2 Å². The number of hydrogen-bond acceptors (Lipinski definition) is 5. The van der Waals surface area contributed by atoms with E-state index in [-0.39, 0.29) is 23.7 Å². The first kappa shape index (κ1) is 21.9. The van der Waals surface area contributed by atoms with Crippen LogP contribution in [0.4, 0.5) is 13.2 Å². The van der Waals surface area contributed by atoms with Crippen molar-refractivity contribution in [3.8, 4) is 17.3 Å². The van der Waals surface area contributed by atoms with Gasteiger partial charge in [0.25, 0.3) is 0 Å². The third-order valence-electron chi connectivity index (χ3n) is 5.68. The highest BCUT2D eigenvalue weighted by molar-refractivity contribution is 5.42. The number of halogens is 3. The van der Waals surface area contributed by atoms with Crippen molar-refractivity contribution in [1.82, 2.24) is 19.4 Å². The number of nitrogens with one attached hydrogen (secondary N) is 1. The average Bonchev–Trinajstić information content (AvgIpc) is 2.99. The number of ether oxygens (including phenoxy) is 1. The molecule has 1 aliphatic rings. The molecule has 0 spiro atoms. The second-order valence-electron chi connectivity index (χ2n) is 7.72. The molecule has 1 saturated heterocycles. The molecule has 7 nitrogen and oxygen atoms in total. The molecule has 0 radical (unpaired) electrons. The molecular formula is C22H23F3N4O3. The third kappa shape index (κ3) is 4.36. The maximum absolute atomic E-state index is 13.5. The molecular weight excluding hydrogens is 425 g/mol. The van der Waals surface area contributed by atoms with Crippen LogP contribution >= 0.6 is 0 Å². The lowest BCUT2D eigenvalue weighted by atomic mass is 9.92. The Morgan fingerprint density at radius 1 is 1.16 bits per heavy atom. The molecule has 0 amide bonds. The maximum atomic E-state index is 13.5. The van der Waals surface area contributed by atoms with Gasteiger partial charge in [-0.15, -0.1) is 13.2 Å². The zero-order valence-corrected chi connectivity index (χ0v) is 17.3. The first-order valence-corrected chi connectivity index (χ1v) is 10.3. The molecule has 0 aliphatic carbocycles. The standard InChI is InChI=1S/C22H23F3N4O3/c1-14-20(30)29(16-5-7-17(8-6-16)32-22(23,24)25)21(31)28(14)19(15-9-12-26-13-10-15)18-4-2-3-11-27-18/h5-10,12-13,18-19,27,30H,2-4,11H2,1H3. The highest BCUT2D eigenvalue weighted by Crippen LogP contribution is 2.31. The lowest BCUT2D eigenvalue weighted by Gasteiger charge is -2.32. The summed E-state index contributed by atoms with van der Waals surface area (Å²) < 4.78 is 43.8. The van der Waals surface area contributed by atoms with Crippen LogP contribution in [-0.2, 0) is 0 Å². The van der Waals surface area contributed by atoms with Crippen molar-refractivity contribution < 1.29 is 23.0 Å². The first-order valence-electron chi connectivity index (χ1n) is 10.3. The number of benzene rings is 1. The number of imidazole rings is 1. The van der Waals surface area contributed by atoms with E-state index in [9.17, 15) is 23.1 Å². The summed E-state index contributed by atoms with van der Waals surface area (Å²) in [5.41, 5.74) is 0.975. The van der Waals surface area contributed by atoms with Crippen molar-refractivity contribution in [2.75, 3.05) is 6.54 Å². The van der Waals surface area contributed by atoms with E-state index in [0.717, 1.165) is 48.1 Å². The number of alkyl halides is 3. The van der Waals surface area contributed by atoms with Crippen LogP contribution in [0.3, 0.4) is 0 Å². The summed E-state index contributed by atoms with van der Waals surface area (Å²) in [6.45, 7) is 2.47. The van der Waals surface area contributed by atoms with Crippen molar-refractivity contribution in [2.45, 2.75) is 44.6 Å². The Bertz CT molecular complexity index is 1120. The number of nitrogens with zero attached hydrogens (tertiary/aromatic N) is 3. The zero-order valence-electron chi connectivity index (χ0n) is 17.3. The maximum Gasteiger partial charge on any atom is 0.573 e. The number of pyridine rings is 1. The Morgan fingerprint density at radius 3 is 2.44 bits per heavy atom. The van der Waals surface area contributed by atoms with Gasteiger partial charge in [0.2, 0.25) is 5.88 Å².